The third-order valence-electron chi connectivity index (χ3n) is 4.20. The van der Waals surface area contributed by atoms with Gasteiger partial charge in [0, 0.05) is 0 Å². The zero-order chi connectivity index (χ0) is 21.5. The lowest BCUT2D eigenvalue weighted by Crippen LogP contribution is -2.28. The summed E-state index contributed by atoms with van der Waals surface area (Å²) in [6.07, 6.45) is 0. The summed E-state index contributed by atoms with van der Waals surface area (Å²) < 4.78 is 5.45. The number of carbonyl (C=O) groups excluding carboxylic acids is 3. The lowest BCUT2D eigenvalue weighted by Gasteiger charge is -2.16. The molecule has 0 fully saturated rings. The summed E-state index contributed by atoms with van der Waals surface area (Å²) in [6, 6.07) is 19.1. The summed E-state index contributed by atoms with van der Waals surface area (Å²) in [5, 5.41) is 5.53. The van der Waals surface area contributed by atoms with E-state index in [1.807, 2.05) is 37.3 Å². The summed E-state index contributed by atoms with van der Waals surface area (Å²) in [5.41, 5.74) is 1.61. The van der Waals surface area contributed by atoms with Gasteiger partial charge in [0.2, 0.25) is 0 Å². The van der Waals surface area contributed by atoms with Crippen molar-refractivity contribution in [3.8, 4) is 0 Å². The van der Waals surface area contributed by atoms with Crippen molar-refractivity contribution in [1.82, 2.24) is 5.32 Å². The van der Waals surface area contributed by atoms with E-state index < -0.39 is 18.5 Å². The molecule has 1 aromatic heterocycles. The van der Waals surface area contributed by atoms with E-state index in [2.05, 4.69) is 10.6 Å². The van der Waals surface area contributed by atoms with Gasteiger partial charge in [0.05, 0.1) is 21.6 Å². The van der Waals surface area contributed by atoms with Crippen molar-refractivity contribution in [1.29, 1.82) is 0 Å². The molecule has 2 N–H and O–H groups in total. The minimum Gasteiger partial charge on any atom is -0.451 e. The van der Waals surface area contributed by atoms with Crippen LogP contribution in [0.3, 0.4) is 0 Å². The molecule has 0 aliphatic heterocycles. The van der Waals surface area contributed by atoms with Gasteiger partial charge < -0.3 is 15.4 Å². The zero-order valence-corrected chi connectivity index (χ0v) is 17.6. The Kier molecular flexibility index (Phi) is 7.21. The number of thiophene rings is 1. The first-order valence-electron chi connectivity index (χ1n) is 9.11. The highest BCUT2D eigenvalue weighted by atomic mass is 35.5. The second-order valence-corrected chi connectivity index (χ2v) is 8.09. The average molecular weight is 443 g/mol. The van der Waals surface area contributed by atoms with Crippen LogP contribution in [0.25, 0.3) is 0 Å². The van der Waals surface area contributed by atoms with Gasteiger partial charge in [-0.1, -0.05) is 54.1 Å². The van der Waals surface area contributed by atoms with Crippen LogP contribution in [0.1, 0.15) is 38.6 Å². The minimum absolute atomic E-state index is 0.207. The number of amides is 2. The second-order valence-electron chi connectivity index (χ2n) is 6.38. The Morgan fingerprint density at radius 3 is 2.40 bits per heavy atom. The largest absolute Gasteiger partial charge is 0.451 e. The number of carbonyl (C=O) groups is 3. The lowest BCUT2D eigenvalue weighted by molar-refractivity contribution is -0.119. The van der Waals surface area contributed by atoms with Gasteiger partial charge in [-0.2, -0.15) is 0 Å². The number of nitrogens with one attached hydrogen (secondary N) is 2. The van der Waals surface area contributed by atoms with E-state index >= 15 is 0 Å². The lowest BCUT2D eigenvalue weighted by atomic mass is 10.1. The summed E-state index contributed by atoms with van der Waals surface area (Å²) in [6.45, 7) is 1.40. The molecule has 0 bridgehead atoms. The number of halogens is 1. The van der Waals surface area contributed by atoms with Crippen LogP contribution < -0.4 is 10.6 Å². The Morgan fingerprint density at radius 1 is 1.00 bits per heavy atom. The number of hydrogen-bond donors (Lipinski definition) is 2. The van der Waals surface area contributed by atoms with Gasteiger partial charge in [0.25, 0.3) is 11.8 Å². The number of para-hydroxylation sites is 1. The van der Waals surface area contributed by atoms with Crippen LogP contribution in [0.15, 0.2) is 66.7 Å². The van der Waals surface area contributed by atoms with Crippen LogP contribution in [0.4, 0.5) is 5.69 Å². The van der Waals surface area contributed by atoms with Crippen molar-refractivity contribution >= 4 is 46.4 Å². The van der Waals surface area contributed by atoms with Crippen molar-refractivity contribution in [3.05, 3.63) is 87.1 Å². The first-order chi connectivity index (χ1) is 14.4. The van der Waals surface area contributed by atoms with Gasteiger partial charge in [-0.05, 0) is 36.8 Å². The van der Waals surface area contributed by atoms with E-state index in [1.165, 1.54) is 6.07 Å². The van der Waals surface area contributed by atoms with Gasteiger partial charge in [-0.3, -0.25) is 9.59 Å². The van der Waals surface area contributed by atoms with Crippen molar-refractivity contribution in [2.45, 2.75) is 13.0 Å². The molecule has 1 atom stereocenters. The molecule has 0 radical (unpaired) electrons. The van der Waals surface area contributed by atoms with Crippen molar-refractivity contribution in [3.63, 3.8) is 0 Å². The fraction of sp³-hybridized carbons (Fsp3) is 0.136. The standard InChI is InChI=1S/C22H19ClN2O4S/c1-14(15-7-3-2-4-8-15)24-21(27)16-9-5-6-10-17(16)25-20(26)13-29-22(28)18-11-12-19(23)30-18/h2-12,14H,13H2,1H3,(H,24,27)(H,25,26). The molecule has 154 valence electrons. The van der Waals surface area contributed by atoms with E-state index in [1.54, 1.807) is 30.3 Å². The number of esters is 1. The molecular formula is C22H19ClN2O4S. The first-order valence-corrected chi connectivity index (χ1v) is 10.3. The fourth-order valence-corrected chi connectivity index (χ4v) is 3.64. The van der Waals surface area contributed by atoms with Crippen LogP contribution in [0.5, 0.6) is 0 Å². The average Bonchev–Trinajstić information content (AvgIpc) is 3.19. The highest BCUT2D eigenvalue weighted by Gasteiger charge is 2.17. The number of anilines is 1. The normalized spacial score (nSPS) is 11.4. The maximum atomic E-state index is 12.7. The maximum Gasteiger partial charge on any atom is 0.348 e. The number of rotatable bonds is 7. The van der Waals surface area contributed by atoms with Gasteiger partial charge >= 0.3 is 5.97 Å². The Labute approximate surface area is 182 Å². The molecule has 3 aromatic rings. The third-order valence-corrected chi connectivity index (χ3v) is 5.41. The van der Waals surface area contributed by atoms with Crippen LogP contribution in [-0.2, 0) is 9.53 Å². The fourth-order valence-electron chi connectivity index (χ4n) is 2.70. The van der Waals surface area contributed by atoms with Gasteiger partial charge in [-0.25, -0.2) is 4.79 Å². The van der Waals surface area contributed by atoms with E-state index in [-0.39, 0.29) is 11.9 Å². The molecule has 0 spiro atoms. The molecule has 2 aromatic carbocycles. The van der Waals surface area contributed by atoms with Crippen LogP contribution in [-0.4, -0.2) is 24.4 Å². The Hall–Kier alpha value is -3.16. The summed E-state index contributed by atoms with van der Waals surface area (Å²) in [4.78, 5) is 37.2. The Morgan fingerprint density at radius 2 is 1.70 bits per heavy atom. The van der Waals surface area contributed by atoms with Gasteiger partial charge in [-0.15, -0.1) is 11.3 Å². The monoisotopic (exact) mass is 442 g/mol. The molecule has 1 heterocycles. The smallest absolute Gasteiger partial charge is 0.348 e. The highest BCUT2D eigenvalue weighted by molar-refractivity contribution is 7.17. The predicted octanol–water partition coefficient (Wildman–Crippen LogP) is 4.69. The summed E-state index contributed by atoms with van der Waals surface area (Å²) in [5.74, 6) is -1.51. The minimum atomic E-state index is -0.634. The number of hydrogen-bond acceptors (Lipinski definition) is 5. The van der Waals surface area contributed by atoms with E-state index in [4.69, 9.17) is 16.3 Å². The van der Waals surface area contributed by atoms with Crippen molar-refractivity contribution in [2.75, 3.05) is 11.9 Å². The molecule has 0 aliphatic rings. The van der Waals surface area contributed by atoms with E-state index in [0.717, 1.165) is 16.9 Å². The first kappa shape index (κ1) is 21.5. The summed E-state index contributed by atoms with van der Waals surface area (Å²) in [7, 11) is 0. The molecule has 30 heavy (non-hydrogen) atoms. The van der Waals surface area contributed by atoms with Gasteiger partial charge in [0.15, 0.2) is 6.61 Å². The van der Waals surface area contributed by atoms with E-state index in [0.29, 0.717) is 20.5 Å². The zero-order valence-electron chi connectivity index (χ0n) is 16.1. The van der Waals surface area contributed by atoms with Crippen LogP contribution >= 0.6 is 22.9 Å². The SMILES string of the molecule is CC(NC(=O)c1ccccc1NC(=O)COC(=O)c1ccc(Cl)s1)c1ccccc1. The van der Waals surface area contributed by atoms with Gasteiger partial charge in [0.1, 0.15) is 4.88 Å². The number of benzene rings is 2. The number of ether oxygens (including phenoxy) is 1. The molecule has 0 saturated carbocycles. The quantitative estimate of drug-likeness (QED) is 0.520. The molecule has 3 rings (SSSR count). The topological polar surface area (TPSA) is 84.5 Å². The molecule has 8 heteroatoms. The maximum absolute atomic E-state index is 12.7. The van der Waals surface area contributed by atoms with Crippen molar-refractivity contribution < 1.29 is 19.1 Å². The summed E-state index contributed by atoms with van der Waals surface area (Å²) >= 11 is 6.86. The Bertz CT molecular complexity index is 1050. The molecule has 2 amide bonds. The molecular weight excluding hydrogens is 424 g/mol. The third kappa shape index (κ3) is 5.68. The predicted molar refractivity (Wildman–Crippen MR) is 117 cm³/mol. The molecule has 0 aliphatic carbocycles. The highest BCUT2D eigenvalue weighted by Crippen LogP contribution is 2.22. The molecule has 6 nitrogen and oxygen atoms in total. The second kappa shape index (κ2) is 10.0. The molecule has 0 saturated heterocycles. The van der Waals surface area contributed by atoms with Crippen LogP contribution in [0.2, 0.25) is 4.34 Å². The Balaban J connectivity index is 1.61. The van der Waals surface area contributed by atoms with Crippen molar-refractivity contribution in [2.24, 2.45) is 0 Å². The molecule has 1 unspecified atom stereocenters. The van der Waals surface area contributed by atoms with Crippen LogP contribution in [0, 0.1) is 0 Å². The van der Waals surface area contributed by atoms with E-state index in [9.17, 15) is 14.4 Å².